The highest BCUT2D eigenvalue weighted by Gasteiger charge is 2.09. The molecule has 1 saturated heterocycles. The topological polar surface area (TPSA) is 41.3 Å². The van der Waals surface area contributed by atoms with Crippen LogP contribution >= 0.6 is 0 Å². The summed E-state index contributed by atoms with van der Waals surface area (Å²) in [6.45, 7) is 5.12. The average molecular weight is 233 g/mol. The molecule has 1 aromatic carbocycles. The third-order valence-corrected chi connectivity index (χ3v) is 3.28. The van der Waals surface area contributed by atoms with Gasteiger partial charge in [-0.2, -0.15) is 0 Å². The van der Waals surface area contributed by atoms with Gasteiger partial charge in [0.2, 0.25) is 0 Å². The lowest BCUT2D eigenvalue weighted by atomic mass is 10.1. The van der Waals surface area contributed by atoms with Crippen molar-refractivity contribution < 1.29 is 0 Å². The number of hydrogen-bond donors (Lipinski definition) is 2. The van der Waals surface area contributed by atoms with Crippen LogP contribution in [-0.2, 0) is 6.54 Å². The summed E-state index contributed by atoms with van der Waals surface area (Å²) < 4.78 is 0. The Balaban J connectivity index is 1.84. The molecule has 1 heterocycles. The van der Waals surface area contributed by atoms with Gasteiger partial charge in [0.15, 0.2) is 0 Å². The van der Waals surface area contributed by atoms with Gasteiger partial charge in [0.25, 0.3) is 0 Å². The van der Waals surface area contributed by atoms with E-state index >= 15 is 0 Å². The fraction of sp³-hybridized carbons (Fsp3) is 0.571. The summed E-state index contributed by atoms with van der Waals surface area (Å²) in [5, 5.41) is 3.29. The highest BCUT2D eigenvalue weighted by atomic mass is 15.1. The molecular formula is C14H23N3. The van der Waals surface area contributed by atoms with Crippen molar-refractivity contribution in [1.82, 2.24) is 4.90 Å². The van der Waals surface area contributed by atoms with Gasteiger partial charge in [-0.15, -0.1) is 0 Å². The highest BCUT2D eigenvalue weighted by molar-refractivity contribution is 5.44. The molecule has 0 radical (unpaired) electrons. The van der Waals surface area contributed by atoms with Gasteiger partial charge in [0.1, 0.15) is 0 Å². The number of benzene rings is 1. The van der Waals surface area contributed by atoms with E-state index in [0.29, 0.717) is 6.54 Å². The fourth-order valence-electron chi connectivity index (χ4n) is 2.32. The van der Waals surface area contributed by atoms with Crippen molar-refractivity contribution in [3.05, 3.63) is 29.8 Å². The minimum atomic E-state index is 0.676. The van der Waals surface area contributed by atoms with Gasteiger partial charge < -0.3 is 11.1 Å². The number of anilines is 1. The maximum Gasteiger partial charge on any atom is 0.0340 e. The zero-order valence-electron chi connectivity index (χ0n) is 10.5. The first-order valence-corrected chi connectivity index (χ1v) is 6.64. The Bertz CT molecular complexity index is 315. The lowest BCUT2D eigenvalue weighted by molar-refractivity contribution is 0.221. The summed E-state index contributed by atoms with van der Waals surface area (Å²) in [5.41, 5.74) is 8.03. The zero-order valence-corrected chi connectivity index (χ0v) is 10.5. The van der Waals surface area contributed by atoms with Crippen LogP contribution in [0.25, 0.3) is 0 Å². The molecule has 0 aromatic heterocycles. The Kier molecular flexibility index (Phi) is 4.83. The second-order valence-corrected chi connectivity index (χ2v) is 4.75. The second kappa shape index (κ2) is 6.62. The van der Waals surface area contributed by atoms with Crippen LogP contribution in [0, 0.1) is 0 Å². The molecule has 0 bridgehead atoms. The molecule has 1 aliphatic rings. The van der Waals surface area contributed by atoms with Crippen molar-refractivity contribution in [3.8, 4) is 0 Å². The van der Waals surface area contributed by atoms with E-state index in [1.807, 2.05) is 0 Å². The number of nitrogens with one attached hydrogen (secondary N) is 1. The van der Waals surface area contributed by atoms with Crippen molar-refractivity contribution in [2.45, 2.75) is 25.8 Å². The SMILES string of the molecule is NCCNc1ccc(CN2CCCCC2)cc1. The molecule has 1 aliphatic heterocycles. The molecule has 0 atom stereocenters. The van der Waals surface area contributed by atoms with E-state index in [0.717, 1.165) is 18.8 Å². The molecule has 2 rings (SSSR count). The Hall–Kier alpha value is -1.06. The third kappa shape index (κ3) is 4.02. The van der Waals surface area contributed by atoms with Gasteiger partial charge in [-0.25, -0.2) is 0 Å². The minimum Gasteiger partial charge on any atom is -0.384 e. The Morgan fingerprint density at radius 1 is 1.06 bits per heavy atom. The molecule has 0 saturated carbocycles. The molecule has 1 aromatic rings. The van der Waals surface area contributed by atoms with Gasteiger partial charge in [0, 0.05) is 25.3 Å². The van der Waals surface area contributed by atoms with E-state index < -0.39 is 0 Å². The molecular weight excluding hydrogens is 210 g/mol. The first-order chi connectivity index (χ1) is 8.38. The van der Waals surface area contributed by atoms with Gasteiger partial charge >= 0.3 is 0 Å². The Labute approximate surface area is 104 Å². The van der Waals surface area contributed by atoms with Crippen molar-refractivity contribution in [1.29, 1.82) is 0 Å². The lowest BCUT2D eigenvalue weighted by Gasteiger charge is -2.26. The number of piperidine rings is 1. The molecule has 3 N–H and O–H groups in total. The zero-order chi connectivity index (χ0) is 11.9. The first kappa shape index (κ1) is 12.4. The summed E-state index contributed by atoms with van der Waals surface area (Å²) in [7, 11) is 0. The molecule has 17 heavy (non-hydrogen) atoms. The van der Waals surface area contributed by atoms with Crippen molar-refractivity contribution >= 4 is 5.69 Å². The Morgan fingerprint density at radius 2 is 1.76 bits per heavy atom. The molecule has 94 valence electrons. The minimum absolute atomic E-state index is 0.676. The van der Waals surface area contributed by atoms with Crippen LogP contribution in [-0.4, -0.2) is 31.1 Å². The number of rotatable bonds is 5. The van der Waals surface area contributed by atoms with Crippen LogP contribution in [0.15, 0.2) is 24.3 Å². The number of likely N-dealkylation sites (tertiary alicyclic amines) is 1. The van der Waals surface area contributed by atoms with E-state index in [9.17, 15) is 0 Å². The largest absolute Gasteiger partial charge is 0.384 e. The van der Waals surface area contributed by atoms with E-state index in [2.05, 4.69) is 34.5 Å². The van der Waals surface area contributed by atoms with Crippen molar-refractivity contribution in [2.24, 2.45) is 5.73 Å². The predicted molar refractivity (Wildman–Crippen MR) is 73.1 cm³/mol. The molecule has 0 amide bonds. The lowest BCUT2D eigenvalue weighted by Crippen LogP contribution is -2.29. The standard InChI is InChI=1S/C14H23N3/c15-8-9-16-14-6-4-13(5-7-14)12-17-10-2-1-3-11-17/h4-7,16H,1-3,8-12,15H2. The van der Waals surface area contributed by atoms with Gasteiger partial charge in [0.05, 0.1) is 0 Å². The Morgan fingerprint density at radius 3 is 2.41 bits per heavy atom. The summed E-state index contributed by atoms with van der Waals surface area (Å²) in [5.74, 6) is 0. The quantitative estimate of drug-likeness (QED) is 0.818. The average Bonchev–Trinajstić information content (AvgIpc) is 2.39. The number of nitrogens with two attached hydrogens (primary N) is 1. The molecule has 3 nitrogen and oxygen atoms in total. The van der Waals surface area contributed by atoms with Crippen LogP contribution in [0.1, 0.15) is 24.8 Å². The molecule has 0 unspecified atom stereocenters. The van der Waals surface area contributed by atoms with E-state index in [1.54, 1.807) is 0 Å². The van der Waals surface area contributed by atoms with Gasteiger partial charge in [-0.3, -0.25) is 4.90 Å². The third-order valence-electron chi connectivity index (χ3n) is 3.28. The monoisotopic (exact) mass is 233 g/mol. The summed E-state index contributed by atoms with van der Waals surface area (Å²) in [4.78, 5) is 2.55. The number of nitrogens with zero attached hydrogens (tertiary/aromatic N) is 1. The van der Waals surface area contributed by atoms with Crippen molar-refractivity contribution in [3.63, 3.8) is 0 Å². The smallest absolute Gasteiger partial charge is 0.0340 e. The summed E-state index contributed by atoms with van der Waals surface area (Å²) in [6.07, 6.45) is 4.12. The summed E-state index contributed by atoms with van der Waals surface area (Å²) in [6, 6.07) is 8.73. The second-order valence-electron chi connectivity index (χ2n) is 4.75. The summed E-state index contributed by atoms with van der Waals surface area (Å²) >= 11 is 0. The predicted octanol–water partition coefficient (Wildman–Crippen LogP) is 2.04. The normalized spacial score (nSPS) is 17.0. The first-order valence-electron chi connectivity index (χ1n) is 6.64. The molecule has 0 spiro atoms. The molecule has 1 fully saturated rings. The fourth-order valence-corrected chi connectivity index (χ4v) is 2.32. The van der Waals surface area contributed by atoms with Gasteiger partial charge in [-0.05, 0) is 43.6 Å². The maximum absolute atomic E-state index is 5.46. The number of hydrogen-bond acceptors (Lipinski definition) is 3. The maximum atomic E-state index is 5.46. The van der Waals surface area contributed by atoms with Crippen LogP contribution in [0.3, 0.4) is 0 Å². The van der Waals surface area contributed by atoms with E-state index in [1.165, 1.54) is 37.9 Å². The van der Waals surface area contributed by atoms with Crippen LogP contribution in [0.4, 0.5) is 5.69 Å². The van der Waals surface area contributed by atoms with E-state index in [4.69, 9.17) is 5.73 Å². The van der Waals surface area contributed by atoms with Gasteiger partial charge in [-0.1, -0.05) is 18.6 Å². The molecule has 0 aliphatic carbocycles. The van der Waals surface area contributed by atoms with Crippen molar-refractivity contribution in [2.75, 3.05) is 31.5 Å². The van der Waals surface area contributed by atoms with Crippen LogP contribution < -0.4 is 11.1 Å². The highest BCUT2D eigenvalue weighted by Crippen LogP contribution is 2.15. The van der Waals surface area contributed by atoms with Crippen LogP contribution in [0.2, 0.25) is 0 Å². The molecule has 3 heteroatoms. The van der Waals surface area contributed by atoms with Crippen LogP contribution in [0.5, 0.6) is 0 Å². The van der Waals surface area contributed by atoms with E-state index in [-0.39, 0.29) is 0 Å².